The number of anilines is 1. The molecule has 2 fully saturated rings. The summed E-state index contributed by atoms with van der Waals surface area (Å²) in [7, 11) is 1.70. The minimum absolute atomic E-state index is 0.0873. The molecule has 1 unspecified atom stereocenters. The number of carbonyl (C=O) groups excluding carboxylic acids is 1. The average Bonchev–Trinajstić information content (AvgIpc) is 3.63. The van der Waals surface area contributed by atoms with E-state index in [1.807, 2.05) is 23.9 Å². The third kappa shape index (κ3) is 4.02. The lowest BCUT2D eigenvalue weighted by Gasteiger charge is -2.22. The van der Waals surface area contributed by atoms with Crippen molar-refractivity contribution in [2.75, 3.05) is 25.5 Å². The van der Waals surface area contributed by atoms with Crippen molar-refractivity contribution in [1.29, 1.82) is 0 Å². The van der Waals surface area contributed by atoms with Gasteiger partial charge >= 0.3 is 0 Å². The molecule has 3 aromatic heterocycles. The molecular formula is C26H29BrN8O. The smallest absolute Gasteiger partial charge is 0.225 e. The summed E-state index contributed by atoms with van der Waals surface area (Å²) in [4.78, 5) is 26.5. The van der Waals surface area contributed by atoms with Crippen LogP contribution in [-0.2, 0) is 4.79 Å². The minimum Gasteiger partial charge on any atom is -0.359 e. The molecule has 0 spiro atoms. The van der Waals surface area contributed by atoms with Crippen molar-refractivity contribution in [3.63, 3.8) is 0 Å². The van der Waals surface area contributed by atoms with Crippen molar-refractivity contribution in [3.8, 4) is 5.69 Å². The summed E-state index contributed by atoms with van der Waals surface area (Å²) in [6.45, 7) is 3.99. The number of nitrogens with one attached hydrogen (secondary N) is 3. The Morgan fingerprint density at radius 2 is 2.17 bits per heavy atom. The maximum atomic E-state index is 12.3. The first-order valence-electron chi connectivity index (χ1n) is 12.4. The van der Waals surface area contributed by atoms with Crippen LogP contribution in [0.15, 0.2) is 41.3 Å². The first-order chi connectivity index (χ1) is 17.4. The first kappa shape index (κ1) is 23.3. The van der Waals surface area contributed by atoms with Gasteiger partial charge in [0.1, 0.15) is 4.60 Å². The fourth-order valence-corrected chi connectivity index (χ4v) is 6.17. The van der Waals surface area contributed by atoms with Crippen LogP contribution in [0.4, 0.5) is 5.95 Å². The molecule has 1 saturated heterocycles. The molecule has 1 amide bonds. The van der Waals surface area contributed by atoms with Crippen molar-refractivity contribution in [3.05, 3.63) is 46.8 Å². The predicted molar refractivity (Wildman–Crippen MR) is 143 cm³/mol. The molecule has 3 N–H and O–H groups in total. The fraction of sp³-hybridized carbons (Fsp3) is 0.423. The number of hydrogen-bond acceptors (Lipinski definition) is 7. The number of pyridine rings is 1. The Labute approximate surface area is 217 Å². The Hall–Kier alpha value is -3.11. The summed E-state index contributed by atoms with van der Waals surface area (Å²) < 4.78 is 2.58. The molecule has 3 atom stereocenters. The van der Waals surface area contributed by atoms with Crippen LogP contribution in [0.25, 0.3) is 27.6 Å². The van der Waals surface area contributed by atoms with Crippen molar-refractivity contribution >= 4 is 49.7 Å². The Morgan fingerprint density at radius 3 is 2.97 bits per heavy atom. The number of benzene rings is 1. The number of amides is 1. The van der Waals surface area contributed by atoms with Crippen molar-refractivity contribution in [1.82, 2.24) is 35.4 Å². The van der Waals surface area contributed by atoms with Crippen LogP contribution in [0.5, 0.6) is 0 Å². The Balaban J connectivity index is 1.38. The van der Waals surface area contributed by atoms with Crippen LogP contribution >= 0.6 is 15.9 Å². The van der Waals surface area contributed by atoms with Crippen molar-refractivity contribution in [2.45, 2.75) is 44.6 Å². The average molecular weight is 549 g/mol. The highest BCUT2D eigenvalue weighted by atomic mass is 79.9. The first-order valence-corrected chi connectivity index (χ1v) is 13.2. The summed E-state index contributed by atoms with van der Waals surface area (Å²) in [5.74, 6) is 1.05. The summed E-state index contributed by atoms with van der Waals surface area (Å²) in [6, 6.07) is 8.53. The number of halogens is 1. The van der Waals surface area contributed by atoms with E-state index in [9.17, 15) is 4.79 Å². The molecule has 36 heavy (non-hydrogen) atoms. The highest BCUT2D eigenvalue weighted by molar-refractivity contribution is 9.10. The van der Waals surface area contributed by atoms with E-state index in [4.69, 9.17) is 15.1 Å². The van der Waals surface area contributed by atoms with Gasteiger partial charge in [-0.05, 0) is 77.8 Å². The van der Waals surface area contributed by atoms with E-state index in [1.165, 1.54) is 5.56 Å². The van der Waals surface area contributed by atoms with Gasteiger partial charge in [0.25, 0.3) is 0 Å². The molecule has 9 nitrogen and oxygen atoms in total. The molecule has 1 aromatic carbocycles. The molecule has 2 aliphatic rings. The van der Waals surface area contributed by atoms with E-state index in [2.05, 4.69) is 55.1 Å². The van der Waals surface area contributed by atoms with Crippen LogP contribution in [0.3, 0.4) is 0 Å². The van der Waals surface area contributed by atoms with E-state index < -0.39 is 0 Å². The molecule has 0 bridgehead atoms. The van der Waals surface area contributed by atoms with Gasteiger partial charge in [-0.3, -0.25) is 9.78 Å². The molecule has 0 radical (unpaired) electrons. The molecule has 6 rings (SSSR count). The van der Waals surface area contributed by atoms with Crippen molar-refractivity contribution < 1.29 is 4.79 Å². The zero-order chi connectivity index (χ0) is 24.9. The van der Waals surface area contributed by atoms with Crippen LogP contribution in [0.2, 0.25) is 0 Å². The molecule has 1 aliphatic heterocycles. The predicted octanol–water partition coefficient (Wildman–Crippen LogP) is 3.92. The summed E-state index contributed by atoms with van der Waals surface area (Å²) in [5, 5.41) is 16.4. The van der Waals surface area contributed by atoms with Gasteiger partial charge in [-0.15, -0.1) is 0 Å². The van der Waals surface area contributed by atoms with Gasteiger partial charge in [0, 0.05) is 42.8 Å². The largest absolute Gasteiger partial charge is 0.359 e. The number of aromatic nitrogens is 5. The standard InChI is InChI=1S/C26H29BrN8O/c1-26(24(36)28-2)7-5-17(12-26)32-25-31-14-20-22(27)34-35(23(20)33-25)18-10-15-4-3-8-30-21(15)19(11-18)16-6-9-29-13-16/h3-4,8,10-11,14,16-17,29H,5-7,9,12-13H2,1-2H3,(H,28,36)(H,31,32,33)/t16?,17-,26-/m1/s1. The highest BCUT2D eigenvalue weighted by Crippen LogP contribution is 2.39. The molecule has 4 heterocycles. The normalized spacial score (nSPS) is 24.0. The monoisotopic (exact) mass is 548 g/mol. The zero-order valence-electron chi connectivity index (χ0n) is 20.4. The van der Waals surface area contributed by atoms with Gasteiger partial charge in [-0.25, -0.2) is 9.67 Å². The Bertz CT molecular complexity index is 1460. The molecule has 186 valence electrons. The molecule has 1 saturated carbocycles. The lowest BCUT2D eigenvalue weighted by molar-refractivity contribution is -0.129. The quantitative estimate of drug-likeness (QED) is 0.346. The summed E-state index contributed by atoms with van der Waals surface area (Å²) in [5.41, 5.74) is 3.59. The van der Waals surface area contributed by atoms with Gasteiger partial charge in [0.15, 0.2) is 5.65 Å². The van der Waals surface area contributed by atoms with Crippen LogP contribution < -0.4 is 16.0 Å². The van der Waals surface area contributed by atoms with E-state index in [1.54, 1.807) is 13.2 Å². The minimum atomic E-state index is -0.369. The Morgan fingerprint density at radius 1 is 1.28 bits per heavy atom. The molecule has 4 aromatic rings. The summed E-state index contributed by atoms with van der Waals surface area (Å²) >= 11 is 3.60. The van der Waals surface area contributed by atoms with E-state index in [-0.39, 0.29) is 17.4 Å². The van der Waals surface area contributed by atoms with Gasteiger partial charge < -0.3 is 16.0 Å². The number of carbonyl (C=O) groups is 1. The lowest BCUT2D eigenvalue weighted by atomic mass is 9.87. The van der Waals surface area contributed by atoms with E-state index >= 15 is 0 Å². The number of rotatable bonds is 5. The second-order valence-corrected chi connectivity index (χ2v) is 10.9. The van der Waals surface area contributed by atoms with Crippen LogP contribution in [0, 0.1) is 5.41 Å². The highest BCUT2D eigenvalue weighted by Gasteiger charge is 2.41. The van der Waals surface area contributed by atoms with Gasteiger partial charge in [0.2, 0.25) is 11.9 Å². The number of fused-ring (bicyclic) bond motifs is 2. The van der Waals surface area contributed by atoms with Gasteiger partial charge in [-0.1, -0.05) is 13.0 Å². The van der Waals surface area contributed by atoms with E-state index in [0.717, 1.165) is 66.4 Å². The summed E-state index contributed by atoms with van der Waals surface area (Å²) in [6.07, 6.45) is 7.22. The fourth-order valence-electron chi connectivity index (χ4n) is 5.73. The zero-order valence-corrected chi connectivity index (χ0v) is 22.0. The van der Waals surface area contributed by atoms with Crippen LogP contribution in [0.1, 0.15) is 44.1 Å². The van der Waals surface area contributed by atoms with E-state index in [0.29, 0.717) is 16.5 Å². The SMILES string of the molecule is CNC(=O)[C@]1(C)CC[C@@H](Nc2ncc3c(Br)nn(-c4cc(C5CCNC5)c5ncccc5c4)c3n2)C1. The van der Waals surface area contributed by atoms with Crippen molar-refractivity contribution in [2.24, 2.45) is 5.41 Å². The lowest BCUT2D eigenvalue weighted by Crippen LogP contribution is -2.35. The Kier molecular flexibility index (Phi) is 5.88. The topological polar surface area (TPSA) is 110 Å². The van der Waals surface area contributed by atoms with Gasteiger partial charge in [0.05, 0.1) is 16.6 Å². The molecule has 10 heteroatoms. The third-order valence-corrected chi connectivity index (χ3v) is 8.28. The second kappa shape index (κ2) is 9.08. The number of hydrogen-bond donors (Lipinski definition) is 3. The van der Waals surface area contributed by atoms with Gasteiger partial charge in [-0.2, -0.15) is 10.1 Å². The van der Waals surface area contributed by atoms with Crippen LogP contribution in [-0.4, -0.2) is 56.8 Å². The molecular weight excluding hydrogens is 520 g/mol. The maximum Gasteiger partial charge on any atom is 0.225 e. The second-order valence-electron chi connectivity index (χ2n) is 10.2. The maximum absolute atomic E-state index is 12.3. The third-order valence-electron chi connectivity index (χ3n) is 7.69. The molecule has 1 aliphatic carbocycles. The number of nitrogens with zero attached hydrogens (tertiary/aromatic N) is 5.